The van der Waals surface area contributed by atoms with Crippen LogP contribution in [0.5, 0.6) is 0 Å². The summed E-state index contributed by atoms with van der Waals surface area (Å²) in [6, 6.07) is 0. The van der Waals surface area contributed by atoms with Gasteiger partial charge in [0.15, 0.2) is 0 Å². The van der Waals surface area contributed by atoms with Crippen LogP contribution < -0.4 is 0 Å². The summed E-state index contributed by atoms with van der Waals surface area (Å²) in [5, 5.41) is 6.92. The van der Waals surface area contributed by atoms with Crippen molar-refractivity contribution in [2.45, 2.75) is 36.2 Å². The zero-order valence-electron chi connectivity index (χ0n) is 8.18. The van der Waals surface area contributed by atoms with Gasteiger partial charge >= 0.3 is 12.1 Å². The Kier molecular flexibility index (Phi) is 4.35. The fourth-order valence-electron chi connectivity index (χ4n) is 1.94. The van der Waals surface area contributed by atoms with Gasteiger partial charge in [-0.05, 0) is 12.8 Å². The van der Waals surface area contributed by atoms with Crippen molar-refractivity contribution in [3.63, 3.8) is 0 Å². The van der Waals surface area contributed by atoms with Gasteiger partial charge < -0.3 is 5.11 Å². The van der Waals surface area contributed by atoms with Crippen LogP contribution in [0.15, 0.2) is 0 Å². The van der Waals surface area contributed by atoms with Crippen molar-refractivity contribution < 1.29 is 23.1 Å². The van der Waals surface area contributed by atoms with Gasteiger partial charge in [0.25, 0.3) is 0 Å². The molecule has 0 bridgehead atoms. The Morgan fingerprint density at radius 3 is 2.00 bits per heavy atom. The van der Waals surface area contributed by atoms with Crippen molar-refractivity contribution >= 4 is 29.2 Å². The lowest BCUT2D eigenvalue weighted by Gasteiger charge is -2.36. The minimum Gasteiger partial charge on any atom is -0.481 e. The summed E-state index contributed by atoms with van der Waals surface area (Å²) in [6.45, 7) is 0. The maximum absolute atomic E-state index is 12.4. The Labute approximate surface area is 101 Å². The SMILES string of the molecule is O=C(O)CC1C(Cl)CC(C(F)(F)F)CC1Cl. The van der Waals surface area contributed by atoms with Crippen molar-refractivity contribution in [3.8, 4) is 0 Å². The van der Waals surface area contributed by atoms with Gasteiger partial charge in [-0.15, -0.1) is 23.2 Å². The van der Waals surface area contributed by atoms with Crippen molar-refractivity contribution in [2.75, 3.05) is 0 Å². The van der Waals surface area contributed by atoms with Gasteiger partial charge in [0.2, 0.25) is 0 Å². The van der Waals surface area contributed by atoms with Gasteiger partial charge in [0.05, 0.1) is 12.3 Å². The summed E-state index contributed by atoms with van der Waals surface area (Å²) in [5.74, 6) is -3.21. The highest BCUT2D eigenvalue weighted by Gasteiger charge is 2.48. The van der Waals surface area contributed by atoms with Crippen LogP contribution in [0.2, 0.25) is 0 Å². The third-order valence-corrected chi connectivity index (χ3v) is 3.83. The van der Waals surface area contributed by atoms with Crippen LogP contribution in [-0.4, -0.2) is 28.0 Å². The molecule has 1 aliphatic carbocycles. The number of rotatable bonds is 2. The van der Waals surface area contributed by atoms with E-state index in [-0.39, 0.29) is 19.3 Å². The molecule has 1 aliphatic rings. The second-order valence-corrected chi connectivity index (χ2v) is 5.12. The molecule has 0 aromatic heterocycles. The maximum atomic E-state index is 12.4. The molecule has 0 spiro atoms. The smallest absolute Gasteiger partial charge is 0.391 e. The first-order valence-electron chi connectivity index (χ1n) is 4.78. The average molecular weight is 279 g/mol. The number of carboxylic acids is 1. The Morgan fingerprint density at radius 2 is 1.69 bits per heavy atom. The van der Waals surface area contributed by atoms with E-state index in [2.05, 4.69) is 0 Å². The molecule has 94 valence electrons. The first kappa shape index (κ1) is 13.9. The Morgan fingerprint density at radius 1 is 1.25 bits per heavy atom. The number of alkyl halides is 5. The number of hydrogen-bond acceptors (Lipinski definition) is 1. The van der Waals surface area contributed by atoms with Gasteiger partial charge in [-0.25, -0.2) is 0 Å². The Balaban J connectivity index is 2.67. The lowest BCUT2D eigenvalue weighted by Crippen LogP contribution is -2.40. The molecule has 1 saturated carbocycles. The number of hydrogen-bond donors (Lipinski definition) is 1. The van der Waals surface area contributed by atoms with E-state index in [9.17, 15) is 18.0 Å². The van der Waals surface area contributed by atoms with Gasteiger partial charge in [-0.3, -0.25) is 4.79 Å². The normalized spacial score (nSPS) is 36.1. The molecule has 0 amide bonds. The Hall–Kier alpha value is -0.160. The summed E-state index contributed by atoms with van der Waals surface area (Å²) < 4.78 is 37.3. The number of aliphatic carboxylic acids is 1. The third-order valence-electron chi connectivity index (χ3n) is 2.82. The highest BCUT2D eigenvalue weighted by atomic mass is 35.5. The monoisotopic (exact) mass is 278 g/mol. The second-order valence-electron chi connectivity index (χ2n) is 4.00. The number of halogens is 5. The molecule has 2 nitrogen and oxygen atoms in total. The van der Waals surface area contributed by atoms with Crippen molar-refractivity contribution in [1.29, 1.82) is 0 Å². The van der Waals surface area contributed by atoms with Crippen molar-refractivity contribution in [3.05, 3.63) is 0 Å². The van der Waals surface area contributed by atoms with Gasteiger partial charge in [0, 0.05) is 16.7 Å². The second kappa shape index (κ2) is 5.00. The standard InChI is InChI=1S/C9H11Cl2F3O2/c10-6-1-4(9(12,13)14)2-7(11)5(6)3-8(15)16/h4-7H,1-3H2,(H,15,16). The average Bonchev–Trinajstić information content (AvgIpc) is 2.09. The lowest BCUT2D eigenvalue weighted by molar-refractivity contribution is -0.183. The summed E-state index contributed by atoms with van der Waals surface area (Å²) >= 11 is 11.5. The largest absolute Gasteiger partial charge is 0.481 e. The zero-order valence-corrected chi connectivity index (χ0v) is 9.69. The van der Waals surface area contributed by atoms with E-state index in [4.69, 9.17) is 28.3 Å². The molecular formula is C9H11Cl2F3O2. The minimum atomic E-state index is -4.31. The van der Waals surface area contributed by atoms with E-state index in [0.717, 1.165) is 0 Å². The predicted molar refractivity (Wildman–Crippen MR) is 53.8 cm³/mol. The van der Waals surface area contributed by atoms with Crippen LogP contribution in [-0.2, 0) is 4.79 Å². The molecular weight excluding hydrogens is 268 g/mol. The molecule has 0 saturated heterocycles. The van der Waals surface area contributed by atoms with Crippen LogP contribution in [0.4, 0.5) is 13.2 Å². The highest BCUT2D eigenvalue weighted by Crippen LogP contribution is 2.44. The molecule has 0 heterocycles. The molecule has 0 aromatic carbocycles. The van der Waals surface area contributed by atoms with Gasteiger partial charge in [-0.2, -0.15) is 13.2 Å². The van der Waals surface area contributed by atoms with Gasteiger partial charge in [-0.1, -0.05) is 0 Å². The molecule has 0 radical (unpaired) electrons. The first-order valence-corrected chi connectivity index (χ1v) is 5.65. The molecule has 16 heavy (non-hydrogen) atoms. The molecule has 2 atom stereocenters. The fourth-order valence-corrected chi connectivity index (χ4v) is 2.97. The first-order chi connectivity index (χ1) is 7.21. The van der Waals surface area contributed by atoms with E-state index in [1.807, 2.05) is 0 Å². The molecule has 0 aliphatic heterocycles. The highest BCUT2D eigenvalue weighted by molar-refractivity contribution is 6.24. The van der Waals surface area contributed by atoms with E-state index in [0.29, 0.717) is 0 Å². The maximum Gasteiger partial charge on any atom is 0.391 e. The van der Waals surface area contributed by atoms with E-state index in [1.165, 1.54) is 0 Å². The molecule has 1 rings (SSSR count). The van der Waals surface area contributed by atoms with Crippen molar-refractivity contribution in [1.82, 2.24) is 0 Å². The van der Waals surface area contributed by atoms with Crippen LogP contribution >= 0.6 is 23.2 Å². The summed E-state index contributed by atoms with van der Waals surface area (Å²) in [6.07, 6.45) is -5.11. The zero-order chi connectivity index (χ0) is 12.5. The van der Waals surface area contributed by atoms with Crippen LogP contribution in [0.25, 0.3) is 0 Å². The lowest BCUT2D eigenvalue weighted by atomic mass is 9.79. The van der Waals surface area contributed by atoms with E-state index < -0.39 is 34.7 Å². The van der Waals surface area contributed by atoms with Gasteiger partial charge in [0.1, 0.15) is 0 Å². The van der Waals surface area contributed by atoms with E-state index in [1.54, 1.807) is 0 Å². The molecule has 1 fully saturated rings. The van der Waals surface area contributed by atoms with E-state index >= 15 is 0 Å². The topological polar surface area (TPSA) is 37.3 Å². The molecule has 1 N–H and O–H groups in total. The Bertz CT molecular complexity index is 258. The van der Waals surface area contributed by atoms with Crippen LogP contribution in [0, 0.1) is 11.8 Å². The predicted octanol–water partition coefficient (Wildman–Crippen LogP) is 3.26. The van der Waals surface area contributed by atoms with Crippen LogP contribution in [0.3, 0.4) is 0 Å². The molecule has 7 heteroatoms. The summed E-state index contributed by atoms with van der Waals surface area (Å²) in [4.78, 5) is 10.5. The minimum absolute atomic E-state index is 0.258. The quantitative estimate of drug-likeness (QED) is 0.788. The molecule has 0 aromatic rings. The summed E-state index contributed by atoms with van der Waals surface area (Å²) in [5.41, 5.74) is 0. The number of carbonyl (C=O) groups is 1. The van der Waals surface area contributed by atoms with Crippen molar-refractivity contribution in [2.24, 2.45) is 11.8 Å². The van der Waals surface area contributed by atoms with Crippen LogP contribution in [0.1, 0.15) is 19.3 Å². The fraction of sp³-hybridized carbons (Fsp3) is 0.889. The third kappa shape index (κ3) is 3.42. The molecule has 2 unspecified atom stereocenters. The summed E-state index contributed by atoms with van der Waals surface area (Å²) in [7, 11) is 0. The number of carboxylic acid groups (broad SMARTS) is 1.